The van der Waals surface area contributed by atoms with Gasteiger partial charge in [-0.15, -0.1) is 11.3 Å². The van der Waals surface area contributed by atoms with Crippen molar-refractivity contribution >= 4 is 21.4 Å². The molecule has 1 aromatic rings. The van der Waals surface area contributed by atoms with E-state index in [1.54, 1.807) is 6.07 Å². The smallest absolute Gasteiger partial charge is 0.250 e. The minimum atomic E-state index is -3.41. The van der Waals surface area contributed by atoms with Crippen molar-refractivity contribution in [3.05, 3.63) is 16.5 Å². The molecule has 0 radical (unpaired) electrons. The molecular weight excluding hydrogens is 284 g/mol. The Morgan fingerprint density at radius 3 is 3.00 bits per heavy atom. The fourth-order valence-corrected chi connectivity index (χ4v) is 4.47. The average Bonchev–Trinajstić information content (AvgIpc) is 2.58. The van der Waals surface area contributed by atoms with Gasteiger partial charge in [-0.3, -0.25) is 0 Å². The van der Waals surface area contributed by atoms with E-state index in [-0.39, 0.29) is 6.10 Å². The third kappa shape index (κ3) is 4.00. The third-order valence-corrected chi connectivity index (χ3v) is 6.18. The Balaban J connectivity index is 1.97. The number of hydrogen-bond donors (Lipinski definition) is 2. The lowest BCUT2D eigenvalue weighted by Gasteiger charge is -2.15. The summed E-state index contributed by atoms with van der Waals surface area (Å²) in [6, 6.07) is 1.72. The van der Waals surface area contributed by atoms with E-state index in [2.05, 4.69) is 10.0 Å². The predicted octanol–water partition coefficient (Wildman–Crippen LogP) is 1.02. The highest BCUT2D eigenvalue weighted by molar-refractivity contribution is 7.91. The van der Waals surface area contributed by atoms with Gasteiger partial charge in [-0.25, -0.2) is 13.1 Å². The van der Waals surface area contributed by atoms with E-state index in [0.29, 0.717) is 23.9 Å². The Kier molecular flexibility index (Phi) is 4.97. The molecule has 1 unspecified atom stereocenters. The minimum absolute atomic E-state index is 0.0977. The molecule has 1 fully saturated rings. The highest BCUT2D eigenvalue weighted by Crippen LogP contribution is 2.24. The van der Waals surface area contributed by atoms with Crippen molar-refractivity contribution in [2.75, 3.05) is 26.2 Å². The molecule has 5 nitrogen and oxygen atoms in total. The Labute approximate surface area is 118 Å². The largest absolute Gasteiger partial charge is 0.375 e. The van der Waals surface area contributed by atoms with Crippen LogP contribution in [0.3, 0.4) is 0 Å². The van der Waals surface area contributed by atoms with E-state index in [0.717, 1.165) is 23.4 Å². The maximum absolute atomic E-state index is 12.1. The first kappa shape index (κ1) is 14.9. The van der Waals surface area contributed by atoms with E-state index in [1.807, 2.05) is 13.8 Å². The predicted molar refractivity (Wildman–Crippen MR) is 76.2 cm³/mol. The fourth-order valence-electron chi connectivity index (χ4n) is 1.85. The normalized spacial score (nSPS) is 21.3. The molecule has 0 saturated carbocycles. The van der Waals surface area contributed by atoms with Crippen LogP contribution >= 0.6 is 11.3 Å². The minimum Gasteiger partial charge on any atom is -0.375 e. The summed E-state index contributed by atoms with van der Waals surface area (Å²) in [6.07, 6.45) is 0.867. The zero-order chi connectivity index (χ0) is 13.9. The molecule has 19 heavy (non-hydrogen) atoms. The van der Waals surface area contributed by atoms with Gasteiger partial charge in [0.15, 0.2) is 0 Å². The number of hydrogen-bond acceptors (Lipinski definition) is 5. The van der Waals surface area contributed by atoms with Gasteiger partial charge in [0.25, 0.3) is 0 Å². The molecule has 1 aromatic heterocycles. The molecule has 1 saturated heterocycles. The van der Waals surface area contributed by atoms with Crippen LogP contribution in [0.1, 0.15) is 16.9 Å². The van der Waals surface area contributed by atoms with Crippen LogP contribution in [0.25, 0.3) is 0 Å². The molecule has 0 aliphatic carbocycles. The number of nitrogens with one attached hydrogen (secondary N) is 2. The second-order valence-corrected chi connectivity index (χ2v) is 7.96. The molecule has 2 heterocycles. The first-order valence-electron chi connectivity index (χ1n) is 6.38. The topological polar surface area (TPSA) is 67.4 Å². The summed E-state index contributed by atoms with van der Waals surface area (Å²) in [5, 5.41) is 3.23. The molecule has 1 atom stereocenters. The number of thiophene rings is 1. The Hall–Kier alpha value is -0.470. The van der Waals surface area contributed by atoms with E-state index >= 15 is 0 Å². The van der Waals surface area contributed by atoms with Crippen LogP contribution in [-0.2, 0) is 14.8 Å². The summed E-state index contributed by atoms with van der Waals surface area (Å²) >= 11 is 1.31. The van der Waals surface area contributed by atoms with Gasteiger partial charge < -0.3 is 10.1 Å². The summed E-state index contributed by atoms with van der Waals surface area (Å²) in [4.78, 5) is 1.03. The lowest BCUT2D eigenvalue weighted by Crippen LogP contribution is -2.38. The molecule has 1 aliphatic heterocycles. The quantitative estimate of drug-likeness (QED) is 0.871. The molecule has 0 aromatic carbocycles. The van der Waals surface area contributed by atoms with Crippen LogP contribution < -0.4 is 10.0 Å². The van der Waals surface area contributed by atoms with E-state index in [1.165, 1.54) is 11.3 Å². The zero-order valence-corrected chi connectivity index (χ0v) is 12.9. The van der Waals surface area contributed by atoms with Crippen molar-refractivity contribution in [1.82, 2.24) is 10.0 Å². The first-order valence-corrected chi connectivity index (χ1v) is 8.68. The summed E-state index contributed by atoms with van der Waals surface area (Å²) in [7, 11) is -3.41. The van der Waals surface area contributed by atoms with Crippen LogP contribution in [0.5, 0.6) is 0 Å². The van der Waals surface area contributed by atoms with Gasteiger partial charge in [0.1, 0.15) is 4.21 Å². The van der Waals surface area contributed by atoms with Gasteiger partial charge in [-0.2, -0.15) is 0 Å². The SMILES string of the molecule is Cc1cc(S(=O)(=O)NCC2CNCCCO2)sc1C. The second kappa shape index (κ2) is 6.32. The second-order valence-electron chi connectivity index (χ2n) is 4.71. The van der Waals surface area contributed by atoms with E-state index < -0.39 is 10.0 Å². The van der Waals surface area contributed by atoms with Crippen molar-refractivity contribution in [2.24, 2.45) is 0 Å². The Morgan fingerprint density at radius 2 is 2.32 bits per heavy atom. The monoisotopic (exact) mass is 304 g/mol. The molecular formula is C12H20N2O3S2. The summed E-state index contributed by atoms with van der Waals surface area (Å²) in [5.74, 6) is 0. The van der Waals surface area contributed by atoms with Crippen molar-refractivity contribution in [2.45, 2.75) is 30.6 Å². The zero-order valence-electron chi connectivity index (χ0n) is 11.2. The number of ether oxygens (including phenoxy) is 1. The summed E-state index contributed by atoms with van der Waals surface area (Å²) in [6.45, 7) is 6.44. The maximum atomic E-state index is 12.1. The lowest BCUT2D eigenvalue weighted by molar-refractivity contribution is 0.0707. The van der Waals surface area contributed by atoms with Gasteiger partial charge >= 0.3 is 0 Å². The van der Waals surface area contributed by atoms with E-state index in [9.17, 15) is 8.42 Å². The summed E-state index contributed by atoms with van der Waals surface area (Å²) in [5.41, 5.74) is 1.01. The van der Waals surface area contributed by atoms with Crippen molar-refractivity contribution in [3.63, 3.8) is 0 Å². The number of rotatable bonds is 4. The molecule has 2 rings (SSSR count). The molecule has 7 heteroatoms. The van der Waals surface area contributed by atoms with Crippen molar-refractivity contribution < 1.29 is 13.2 Å². The average molecular weight is 304 g/mol. The van der Waals surface area contributed by atoms with Crippen LogP contribution in [0, 0.1) is 13.8 Å². The van der Waals surface area contributed by atoms with E-state index in [4.69, 9.17) is 4.74 Å². The molecule has 2 N–H and O–H groups in total. The lowest BCUT2D eigenvalue weighted by atomic mass is 10.3. The number of aryl methyl sites for hydroxylation is 2. The highest BCUT2D eigenvalue weighted by Gasteiger charge is 2.20. The maximum Gasteiger partial charge on any atom is 0.250 e. The highest BCUT2D eigenvalue weighted by atomic mass is 32.2. The standard InChI is InChI=1S/C12H20N2O3S2/c1-9-6-12(18-10(9)2)19(15,16)14-8-11-7-13-4-3-5-17-11/h6,11,13-14H,3-5,7-8H2,1-2H3. The Bertz CT molecular complexity index is 498. The van der Waals surface area contributed by atoms with Crippen molar-refractivity contribution in [3.8, 4) is 0 Å². The first-order chi connectivity index (χ1) is 8.99. The molecule has 108 valence electrons. The van der Waals surface area contributed by atoms with Crippen molar-refractivity contribution in [1.29, 1.82) is 0 Å². The molecule has 1 aliphatic rings. The van der Waals surface area contributed by atoms with Gasteiger partial charge in [-0.1, -0.05) is 0 Å². The van der Waals surface area contributed by atoms with Crippen LogP contribution in [0.15, 0.2) is 10.3 Å². The Morgan fingerprint density at radius 1 is 1.53 bits per heavy atom. The number of sulfonamides is 1. The third-order valence-electron chi connectivity index (χ3n) is 3.13. The fraction of sp³-hybridized carbons (Fsp3) is 0.667. The molecule has 0 amide bonds. The van der Waals surface area contributed by atoms with Gasteiger partial charge in [-0.05, 0) is 38.4 Å². The van der Waals surface area contributed by atoms with Crippen LogP contribution in [0.4, 0.5) is 0 Å². The van der Waals surface area contributed by atoms with Crippen LogP contribution in [0.2, 0.25) is 0 Å². The van der Waals surface area contributed by atoms with Gasteiger partial charge in [0, 0.05) is 24.6 Å². The summed E-state index contributed by atoms with van der Waals surface area (Å²) < 4.78 is 32.9. The van der Waals surface area contributed by atoms with Gasteiger partial charge in [0.05, 0.1) is 6.10 Å². The molecule has 0 bridgehead atoms. The molecule has 0 spiro atoms. The van der Waals surface area contributed by atoms with Crippen LogP contribution in [-0.4, -0.2) is 40.8 Å². The van der Waals surface area contributed by atoms with Gasteiger partial charge in [0.2, 0.25) is 10.0 Å².